The first-order chi connectivity index (χ1) is 8.15. The molecule has 2 rings (SSSR count). The van der Waals surface area contributed by atoms with E-state index in [2.05, 4.69) is 0 Å². The Kier molecular flexibility index (Phi) is 3.45. The van der Waals surface area contributed by atoms with Gasteiger partial charge in [-0.2, -0.15) is 0 Å². The van der Waals surface area contributed by atoms with E-state index >= 15 is 0 Å². The molecular formula is C15H16O2. The predicted molar refractivity (Wildman–Crippen MR) is 67.9 cm³/mol. The molecule has 0 aliphatic carbocycles. The Bertz CT molecular complexity index is 489. The summed E-state index contributed by atoms with van der Waals surface area (Å²) in [6.07, 6.45) is 0.0587. The van der Waals surface area contributed by atoms with E-state index in [4.69, 9.17) is 0 Å². The maximum absolute atomic E-state index is 10.1. The Morgan fingerprint density at radius 1 is 1.06 bits per heavy atom. The second-order valence-electron chi connectivity index (χ2n) is 4.30. The van der Waals surface area contributed by atoms with E-state index in [1.54, 1.807) is 12.1 Å². The highest BCUT2D eigenvalue weighted by molar-refractivity contribution is 5.29. The molecule has 0 saturated carbocycles. The molecule has 2 aromatic rings. The zero-order valence-electron chi connectivity index (χ0n) is 9.80. The van der Waals surface area contributed by atoms with Crippen LogP contribution in [0.1, 0.15) is 22.8 Å². The van der Waals surface area contributed by atoms with Gasteiger partial charge in [0.05, 0.1) is 6.10 Å². The van der Waals surface area contributed by atoms with Gasteiger partial charge in [0, 0.05) is 6.42 Å². The van der Waals surface area contributed by atoms with Crippen LogP contribution in [0.15, 0.2) is 48.5 Å². The van der Waals surface area contributed by atoms with E-state index in [0.29, 0.717) is 6.42 Å². The van der Waals surface area contributed by atoms with Crippen LogP contribution >= 0.6 is 0 Å². The van der Waals surface area contributed by atoms with Crippen LogP contribution in [0.4, 0.5) is 0 Å². The molecule has 0 amide bonds. The standard InChI is InChI=1S/C15H16O2/c1-11-3-2-4-13(9-11)15(17)10-12-5-7-14(16)8-6-12/h2-9,15-17H,10H2,1H3. The fraction of sp³-hybridized carbons (Fsp3) is 0.200. The lowest BCUT2D eigenvalue weighted by Gasteiger charge is -2.11. The number of rotatable bonds is 3. The number of phenolic OH excluding ortho intramolecular Hbond substituents is 1. The van der Waals surface area contributed by atoms with Crippen LogP contribution in [-0.4, -0.2) is 10.2 Å². The number of benzene rings is 2. The summed E-state index contributed by atoms with van der Waals surface area (Å²) in [5.74, 6) is 0.249. The first-order valence-electron chi connectivity index (χ1n) is 5.68. The van der Waals surface area contributed by atoms with E-state index in [1.165, 1.54) is 0 Å². The second kappa shape index (κ2) is 5.02. The maximum Gasteiger partial charge on any atom is 0.115 e. The summed E-state index contributed by atoms with van der Waals surface area (Å²) in [5.41, 5.74) is 3.09. The minimum absolute atomic E-state index is 0.249. The van der Waals surface area contributed by atoms with Crippen molar-refractivity contribution in [1.29, 1.82) is 0 Å². The van der Waals surface area contributed by atoms with Crippen molar-refractivity contribution in [1.82, 2.24) is 0 Å². The highest BCUT2D eigenvalue weighted by Crippen LogP contribution is 2.20. The molecule has 0 fully saturated rings. The molecule has 0 aromatic heterocycles. The Hall–Kier alpha value is -1.80. The van der Waals surface area contributed by atoms with E-state index in [1.807, 2.05) is 43.3 Å². The molecule has 0 aliphatic rings. The van der Waals surface area contributed by atoms with Gasteiger partial charge in [-0.3, -0.25) is 0 Å². The fourth-order valence-corrected chi connectivity index (χ4v) is 1.85. The molecule has 0 radical (unpaired) electrons. The minimum Gasteiger partial charge on any atom is -0.508 e. The molecule has 0 heterocycles. The second-order valence-corrected chi connectivity index (χ2v) is 4.30. The van der Waals surface area contributed by atoms with Gasteiger partial charge < -0.3 is 10.2 Å². The van der Waals surface area contributed by atoms with E-state index < -0.39 is 6.10 Å². The van der Waals surface area contributed by atoms with Gasteiger partial charge in [-0.05, 0) is 30.2 Å². The number of hydrogen-bond donors (Lipinski definition) is 2. The van der Waals surface area contributed by atoms with Crippen molar-refractivity contribution >= 4 is 0 Å². The third-order valence-corrected chi connectivity index (χ3v) is 2.79. The van der Waals surface area contributed by atoms with Crippen molar-refractivity contribution in [2.45, 2.75) is 19.4 Å². The molecule has 2 nitrogen and oxygen atoms in total. The topological polar surface area (TPSA) is 40.5 Å². The van der Waals surface area contributed by atoms with Crippen LogP contribution in [0.25, 0.3) is 0 Å². The molecule has 2 heteroatoms. The minimum atomic E-state index is -0.501. The molecule has 17 heavy (non-hydrogen) atoms. The number of aromatic hydroxyl groups is 1. The van der Waals surface area contributed by atoms with Crippen molar-refractivity contribution in [2.75, 3.05) is 0 Å². The Labute approximate surface area is 101 Å². The quantitative estimate of drug-likeness (QED) is 0.847. The van der Waals surface area contributed by atoms with Gasteiger partial charge in [0.1, 0.15) is 5.75 Å². The molecule has 0 bridgehead atoms. The smallest absolute Gasteiger partial charge is 0.115 e. The van der Waals surface area contributed by atoms with Crippen molar-refractivity contribution in [3.8, 4) is 5.75 Å². The van der Waals surface area contributed by atoms with Crippen LogP contribution in [0.5, 0.6) is 5.75 Å². The van der Waals surface area contributed by atoms with E-state index in [0.717, 1.165) is 16.7 Å². The van der Waals surface area contributed by atoms with E-state index in [-0.39, 0.29) is 5.75 Å². The van der Waals surface area contributed by atoms with Crippen molar-refractivity contribution in [3.05, 3.63) is 65.2 Å². The Morgan fingerprint density at radius 3 is 2.41 bits per heavy atom. The van der Waals surface area contributed by atoms with Crippen LogP contribution in [0.3, 0.4) is 0 Å². The summed E-state index contributed by atoms with van der Waals surface area (Å²) in [5, 5.41) is 19.3. The summed E-state index contributed by atoms with van der Waals surface area (Å²) in [6, 6.07) is 14.8. The third-order valence-electron chi connectivity index (χ3n) is 2.79. The first-order valence-corrected chi connectivity index (χ1v) is 5.68. The van der Waals surface area contributed by atoms with Crippen molar-refractivity contribution in [3.63, 3.8) is 0 Å². The van der Waals surface area contributed by atoms with Gasteiger partial charge in [0.15, 0.2) is 0 Å². The van der Waals surface area contributed by atoms with Gasteiger partial charge in [-0.1, -0.05) is 42.0 Å². The lowest BCUT2D eigenvalue weighted by molar-refractivity contribution is 0.178. The SMILES string of the molecule is Cc1cccc(C(O)Cc2ccc(O)cc2)c1. The maximum atomic E-state index is 10.1. The summed E-state index contributed by atoms with van der Waals surface area (Å²) >= 11 is 0. The molecule has 88 valence electrons. The summed E-state index contributed by atoms with van der Waals surface area (Å²) < 4.78 is 0. The molecule has 0 spiro atoms. The van der Waals surface area contributed by atoms with Gasteiger partial charge >= 0.3 is 0 Å². The normalized spacial score (nSPS) is 12.4. The predicted octanol–water partition coefficient (Wildman–Crippen LogP) is 2.98. The summed E-state index contributed by atoms with van der Waals surface area (Å²) in [4.78, 5) is 0. The van der Waals surface area contributed by atoms with Crippen LogP contribution in [0.2, 0.25) is 0 Å². The Morgan fingerprint density at radius 2 is 1.76 bits per heavy atom. The van der Waals surface area contributed by atoms with E-state index in [9.17, 15) is 10.2 Å². The molecule has 1 unspecified atom stereocenters. The summed E-state index contributed by atoms with van der Waals surface area (Å²) in [6.45, 7) is 2.01. The van der Waals surface area contributed by atoms with Gasteiger partial charge in [0.25, 0.3) is 0 Å². The number of aryl methyl sites for hydroxylation is 1. The number of aliphatic hydroxyl groups is 1. The zero-order valence-corrected chi connectivity index (χ0v) is 9.80. The molecule has 2 aromatic carbocycles. The molecule has 1 atom stereocenters. The average Bonchev–Trinajstić information content (AvgIpc) is 2.32. The van der Waals surface area contributed by atoms with Gasteiger partial charge in [0.2, 0.25) is 0 Å². The highest BCUT2D eigenvalue weighted by atomic mass is 16.3. The lowest BCUT2D eigenvalue weighted by atomic mass is 10.00. The third kappa shape index (κ3) is 3.08. The van der Waals surface area contributed by atoms with Crippen LogP contribution in [-0.2, 0) is 6.42 Å². The molecular weight excluding hydrogens is 212 g/mol. The highest BCUT2D eigenvalue weighted by Gasteiger charge is 2.08. The number of phenols is 1. The van der Waals surface area contributed by atoms with Crippen molar-refractivity contribution < 1.29 is 10.2 Å². The molecule has 2 N–H and O–H groups in total. The Balaban J connectivity index is 2.11. The van der Waals surface area contributed by atoms with Gasteiger partial charge in [-0.25, -0.2) is 0 Å². The fourth-order valence-electron chi connectivity index (χ4n) is 1.85. The van der Waals surface area contributed by atoms with Crippen molar-refractivity contribution in [2.24, 2.45) is 0 Å². The average molecular weight is 228 g/mol. The van der Waals surface area contributed by atoms with Crippen LogP contribution in [0, 0.1) is 6.92 Å². The van der Waals surface area contributed by atoms with Crippen LogP contribution < -0.4 is 0 Å². The number of hydrogen-bond acceptors (Lipinski definition) is 2. The largest absolute Gasteiger partial charge is 0.508 e. The zero-order chi connectivity index (χ0) is 12.3. The monoisotopic (exact) mass is 228 g/mol. The lowest BCUT2D eigenvalue weighted by Crippen LogP contribution is -2.01. The molecule has 0 aliphatic heterocycles. The number of aliphatic hydroxyl groups excluding tert-OH is 1. The first kappa shape index (κ1) is 11.7. The summed E-state index contributed by atoms with van der Waals surface area (Å²) in [7, 11) is 0. The molecule has 0 saturated heterocycles. The van der Waals surface area contributed by atoms with Gasteiger partial charge in [-0.15, -0.1) is 0 Å².